The molecular formula is C13H13N3S. The molecule has 2 aromatic heterocycles. The van der Waals surface area contributed by atoms with Gasteiger partial charge in [0.2, 0.25) is 0 Å². The number of thiazole rings is 1. The lowest BCUT2D eigenvalue weighted by Gasteiger charge is -2.01. The molecule has 86 valence electrons. The van der Waals surface area contributed by atoms with Crippen LogP contribution in [0.1, 0.15) is 6.92 Å². The lowest BCUT2D eigenvalue weighted by molar-refractivity contribution is 1.30. The van der Waals surface area contributed by atoms with Gasteiger partial charge in [-0.3, -0.25) is 4.98 Å². The molecule has 0 saturated carbocycles. The van der Waals surface area contributed by atoms with Crippen LogP contribution in [0.4, 0.5) is 5.13 Å². The van der Waals surface area contributed by atoms with Crippen molar-refractivity contribution in [1.29, 1.82) is 0 Å². The Morgan fingerprint density at radius 3 is 2.82 bits per heavy atom. The fourth-order valence-corrected chi connectivity index (χ4v) is 2.09. The molecule has 0 aliphatic heterocycles. The van der Waals surface area contributed by atoms with Gasteiger partial charge >= 0.3 is 0 Å². The maximum atomic E-state index is 4.51. The third-order valence-electron chi connectivity index (χ3n) is 2.26. The molecule has 0 spiro atoms. The van der Waals surface area contributed by atoms with Gasteiger partial charge in [-0.1, -0.05) is 12.7 Å². The van der Waals surface area contributed by atoms with E-state index in [0.717, 1.165) is 22.1 Å². The van der Waals surface area contributed by atoms with Crippen LogP contribution in [0.2, 0.25) is 0 Å². The predicted molar refractivity (Wildman–Crippen MR) is 72.9 cm³/mol. The molecule has 0 amide bonds. The SMILES string of the molecule is C=C/C(=C\C)Nc1nc(-c2ccncc2)cs1. The molecule has 0 atom stereocenters. The highest BCUT2D eigenvalue weighted by Crippen LogP contribution is 2.25. The van der Waals surface area contributed by atoms with Gasteiger partial charge in [-0.25, -0.2) is 4.98 Å². The quantitative estimate of drug-likeness (QED) is 0.832. The summed E-state index contributed by atoms with van der Waals surface area (Å²) < 4.78 is 0. The Labute approximate surface area is 105 Å². The predicted octanol–water partition coefficient (Wildman–Crippen LogP) is 3.71. The van der Waals surface area contributed by atoms with Crippen molar-refractivity contribution < 1.29 is 0 Å². The molecule has 0 bridgehead atoms. The maximum Gasteiger partial charge on any atom is 0.187 e. The number of rotatable bonds is 4. The van der Waals surface area contributed by atoms with Crippen molar-refractivity contribution in [3.8, 4) is 11.3 Å². The van der Waals surface area contributed by atoms with Gasteiger partial charge in [-0.2, -0.15) is 0 Å². The summed E-state index contributed by atoms with van der Waals surface area (Å²) in [5, 5.41) is 6.09. The summed E-state index contributed by atoms with van der Waals surface area (Å²) >= 11 is 1.57. The van der Waals surface area contributed by atoms with Crippen molar-refractivity contribution in [3.05, 3.63) is 54.3 Å². The van der Waals surface area contributed by atoms with Crippen LogP contribution in [0.3, 0.4) is 0 Å². The molecule has 1 N–H and O–H groups in total. The number of nitrogens with zero attached hydrogens (tertiary/aromatic N) is 2. The minimum absolute atomic E-state index is 0.866. The number of anilines is 1. The fourth-order valence-electron chi connectivity index (χ4n) is 1.35. The highest BCUT2D eigenvalue weighted by molar-refractivity contribution is 7.14. The summed E-state index contributed by atoms with van der Waals surface area (Å²) in [6.45, 7) is 5.69. The smallest absolute Gasteiger partial charge is 0.187 e. The van der Waals surface area contributed by atoms with Crippen molar-refractivity contribution in [2.75, 3.05) is 5.32 Å². The zero-order chi connectivity index (χ0) is 12.1. The molecule has 2 aromatic rings. The average molecular weight is 243 g/mol. The Kier molecular flexibility index (Phi) is 3.67. The second-order valence-electron chi connectivity index (χ2n) is 3.35. The topological polar surface area (TPSA) is 37.8 Å². The van der Waals surface area contributed by atoms with Gasteiger partial charge < -0.3 is 5.32 Å². The van der Waals surface area contributed by atoms with Gasteiger partial charge in [0.15, 0.2) is 5.13 Å². The van der Waals surface area contributed by atoms with Crippen molar-refractivity contribution in [2.24, 2.45) is 0 Å². The van der Waals surface area contributed by atoms with E-state index in [1.807, 2.05) is 30.5 Å². The van der Waals surface area contributed by atoms with E-state index >= 15 is 0 Å². The summed E-state index contributed by atoms with van der Waals surface area (Å²) in [5.41, 5.74) is 2.99. The molecule has 0 saturated heterocycles. The van der Waals surface area contributed by atoms with E-state index in [1.165, 1.54) is 0 Å². The Bertz CT molecular complexity index is 529. The van der Waals surface area contributed by atoms with E-state index in [2.05, 4.69) is 21.9 Å². The molecule has 0 aliphatic rings. The Balaban J connectivity index is 2.19. The molecule has 0 aliphatic carbocycles. The third-order valence-corrected chi connectivity index (χ3v) is 3.02. The fraction of sp³-hybridized carbons (Fsp3) is 0.0769. The normalized spacial score (nSPS) is 11.2. The van der Waals surface area contributed by atoms with E-state index in [9.17, 15) is 0 Å². The molecule has 2 rings (SSSR count). The average Bonchev–Trinajstić information content (AvgIpc) is 2.85. The number of hydrogen-bond donors (Lipinski definition) is 1. The molecule has 0 aromatic carbocycles. The summed E-state index contributed by atoms with van der Waals surface area (Å²) in [6.07, 6.45) is 7.26. The first-order valence-corrected chi connectivity index (χ1v) is 6.13. The molecule has 2 heterocycles. The lowest BCUT2D eigenvalue weighted by atomic mass is 10.2. The van der Waals surface area contributed by atoms with Crippen LogP contribution < -0.4 is 5.32 Å². The maximum absolute atomic E-state index is 4.51. The van der Waals surface area contributed by atoms with E-state index in [1.54, 1.807) is 29.8 Å². The minimum atomic E-state index is 0.866. The van der Waals surface area contributed by atoms with Crippen LogP contribution in [-0.4, -0.2) is 9.97 Å². The Hall–Kier alpha value is -1.94. The zero-order valence-electron chi connectivity index (χ0n) is 9.55. The number of hydrogen-bond acceptors (Lipinski definition) is 4. The van der Waals surface area contributed by atoms with E-state index in [-0.39, 0.29) is 0 Å². The Morgan fingerprint density at radius 1 is 1.41 bits per heavy atom. The number of nitrogens with one attached hydrogen (secondary N) is 1. The molecule has 0 unspecified atom stereocenters. The van der Waals surface area contributed by atoms with Crippen molar-refractivity contribution >= 4 is 16.5 Å². The Morgan fingerprint density at radius 2 is 2.18 bits per heavy atom. The van der Waals surface area contributed by atoms with Crippen molar-refractivity contribution in [1.82, 2.24) is 9.97 Å². The van der Waals surface area contributed by atoms with Crippen LogP contribution in [-0.2, 0) is 0 Å². The van der Waals surface area contributed by atoms with E-state index in [0.29, 0.717) is 0 Å². The summed E-state index contributed by atoms with van der Waals surface area (Å²) in [7, 11) is 0. The monoisotopic (exact) mass is 243 g/mol. The van der Waals surface area contributed by atoms with E-state index < -0.39 is 0 Å². The van der Waals surface area contributed by atoms with Crippen LogP contribution in [0.15, 0.2) is 54.3 Å². The molecule has 17 heavy (non-hydrogen) atoms. The van der Waals surface area contributed by atoms with Gasteiger partial charge in [-0.05, 0) is 25.1 Å². The molecule has 4 heteroatoms. The molecule has 0 radical (unpaired) electrons. The van der Waals surface area contributed by atoms with Gasteiger partial charge in [0.25, 0.3) is 0 Å². The third kappa shape index (κ3) is 2.79. The van der Waals surface area contributed by atoms with Gasteiger partial charge in [0.1, 0.15) is 0 Å². The molecule has 3 nitrogen and oxygen atoms in total. The second-order valence-corrected chi connectivity index (χ2v) is 4.21. The molecule has 0 fully saturated rings. The largest absolute Gasteiger partial charge is 0.332 e. The molecular weight excluding hydrogens is 230 g/mol. The van der Waals surface area contributed by atoms with Crippen LogP contribution in [0.5, 0.6) is 0 Å². The second kappa shape index (κ2) is 5.41. The lowest BCUT2D eigenvalue weighted by Crippen LogP contribution is -1.95. The minimum Gasteiger partial charge on any atom is -0.332 e. The highest BCUT2D eigenvalue weighted by Gasteiger charge is 2.04. The van der Waals surface area contributed by atoms with Crippen molar-refractivity contribution in [2.45, 2.75) is 6.92 Å². The van der Waals surface area contributed by atoms with Gasteiger partial charge in [-0.15, -0.1) is 11.3 Å². The highest BCUT2D eigenvalue weighted by atomic mass is 32.1. The van der Waals surface area contributed by atoms with Gasteiger partial charge in [0, 0.05) is 29.0 Å². The van der Waals surface area contributed by atoms with Crippen LogP contribution in [0.25, 0.3) is 11.3 Å². The van der Waals surface area contributed by atoms with Crippen molar-refractivity contribution in [3.63, 3.8) is 0 Å². The first-order chi connectivity index (χ1) is 8.33. The number of allylic oxidation sites excluding steroid dienone is 2. The number of pyridine rings is 1. The summed E-state index contributed by atoms with van der Waals surface area (Å²) in [6, 6.07) is 3.89. The first-order valence-electron chi connectivity index (χ1n) is 5.25. The number of aromatic nitrogens is 2. The standard InChI is InChI=1S/C13H13N3S/c1-3-11(4-2)15-13-16-12(9-17-13)10-5-7-14-8-6-10/h3-9H,1H2,2H3,(H,15,16)/b11-4+. The van der Waals surface area contributed by atoms with Crippen LogP contribution in [0, 0.1) is 0 Å². The summed E-state index contributed by atoms with van der Waals surface area (Å²) in [4.78, 5) is 8.50. The summed E-state index contributed by atoms with van der Waals surface area (Å²) in [5.74, 6) is 0. The van der Waals surface area contributed by atoms with E-state index in [4.69, 9.17) is 0 Å². The van der Waals surface area contributed by atoms with Gasteiger partial charge in [0.05, 0.1) is 5.69 Å². The van der Waals surface area contributed by atoms with Crippen LogP contribution >= 0.6 is 11.3 Å². The zero-order valence-corrected chi connectivity index (χ0v) is 10.4. The first kappa shape index (κ1) is 11.5.